The van der Waals surface area contributed by atoms with Crippen molar-refractivity contribution in [1.29, 1.82) is 0 Å². The normalized spacial score (nSPS) is 23.6. The third-order valence-corrected chi connectivity index (χ3v) is 4.05. The third-order valence-electron chi connectivity index (χ3n) is 4.05. The molecule has 19 heavy (non-hydrogen) atoms. The van der Waals surface area contributed by atoms with E-state index < -0.39 is 0 Å². The third kappa shape index (κ3) is 2.71. The zero-order valence-corrected chi connectivity index (χ0v) is 11.0. The lowest BCUT2D eigenvalue weighted by Crippen LogP contribution is -2.30. The molecule has 0 amide bonds. The van der Waals surface area contributed by atoms with Crippen molar-refractivity contribution in [2.45, 2.75) is 25.7 Å². The quantitative estimate of drug-likeness (QED) is 0.911. The lowest BCUT2D eigenvalue weighted by atomic mass is 9.80. The molecule has 2 unspecified atom stereocenters. The van der Waals surface area contributed by atoms with Gasteiger partial charge in [0.05, 0.1) is 12.8 Å². The van der Waals surface area contributed by atoms with E-state index in [1.165, 1.54) is 25.7 Å². The summed E-state index contributed by atoms with van der Waals surface area (Å²) in [5, 5.41) is 4.12. The van der Waals surface area contributed by atoms with Crippen molar-refractivity contribution in [2.75, 3.05) is 13.2 Å². The molecule has 2 aromatic heterocycles. The van der Waals surface area contributed by atoms with E-state index in [2.05, 4.69) is 10.1 Å². The first-order chi connectivity index (χ1) is 9.36. The van der Waals surface area contributed by atoms with Crippen molar-refractivity contribution in [3.8, 4) is 5.88 Å². The highest BCUT2D eigenvalue weighted by Gasteiger charge is 2.24. The number of fused-ring (bicyclic) bond motifs is 1. The maximum absolute atomic E-state index is 5.85. The Bertz CT molecular complexity index is 539. The van der Waals surface area contributed by atoms with Crippen molar-refractivity contribution in [3.63, 3.8) is 0 Å². The molecule has 1 fully saturated rings. The second-order valence-electron chi connectivity index (χ2n) is 5.25. The Balaban J connectivity index is 1.64. The highest BCUT2D eigenvalue weighted by Crippen LogP contribution is 2.29. The largest absolute Gasteiger partial charge is 0.477 e. The number of aromatic nitrogens is 3. The van der Waals surface area contributed by atoms with Crippen LogP contribution < -0.4 is 10.5 Å². The van der Waals surface area contributed by atoms with Gasteiger partial charge in [-0.2, -0.15) is 10.1 Å². The highest BCUT2D eigenvalue weighted by molar-refractivity contribution is 5.37. The van der Waals surface area contributed by atoms with Crippen LogP contribution in [0.5, 0.6) is 5.88 Å². The molecule has 2 heterocycles. The van der Waals surface area contributed by atoms with Crippen molar-refractivity contribution in [2.24, 2.45) is 17.6 Å². The summed E-state index contributed by atoms with van der Waals surface area (Å²) < 4.78 is 7.58. The first-order valence-electron chi connectivity index (χ1n) is 7.00. The minimum absolute atomic E-state index is 0.571. The van der Waals surface area contributed by atoms with Gasteiger partial charge < -0.3 is 10.5 Å². The number of hydrogen-bond acceptors (Lipinski definition) is 4. The van der Waals surface area contributed by atoms with Crippen LogP contribution >= 0.6 is 0 Å². The SMILES string of the molecule is NCC1CCCCC1COc1ccn2nccc2n1. The topological polar surface area (TPSA) is 65.4 Å². The molecule has 0 aliphatic heterocycles. The Labute approximate surface area is 112 Å². The van der Waals surface area contributed by atoms with Crippen LogP contribution in [0, 0.1) is 11.8 Å². The van der Waals surface area contributed by atoms with Gasteiger partial charge >= 0.3 is 0 Å². The Morgan fingerprint density at radius 2 is 2.11 bits per heavy atom. The van der Waals surface area contributed by atoms with E-state index in [1.807, 2.05) is 18.3 Å². The first-order valence-corrected chi connectivity index (χ1v) is 7.00. The molecule has 5 nitrogen and oxygen atoms in total. The molecule has 0 radical (unpaired) electrons. The minimum Gasteiger partial charge on any atom is -0.477 e. The van der Waals surface area contributed by atoms with Crippen molar-refractivity contribution in [3.05, 3.63) is 24.5 Å². The van der Waals surface area contributed by atoms with Gasteiger partial charge in [0.25, 0.3) is 0 Å². The molecule has 0 bridgehead atoms. The van der Waals surface area contributed by atoms with Gasteiger partial charge in [0.1, 0.15) is 0 Å². The summed E-state index contributed by atoms with van der Waals surface area (Å²) in [6.07, 6.45) is 8.66. The number of ether oxygens (including phenoxy) is 1. The van der Waals surface area contributed by atoms with Crippen LogP contribution in [0.3, 0.4) is 0 Å². The van der Waals surface area contributed by atoms with Gasteiger partial charge in [0, 0.05) is 18.3 Å². The summed E-state index contributed by atoms with van der Waals surface area (Å²) in [7, 11) is 0. The van der Waals surface area contributed by atoms with E-state index in [0.717, 1.165) is 18.8 Å². The molecule has 5 heteroatoms. The molecule has 2 aromatic rings. The Morgan fingerprint density at radius 3 is 2.95 bits per heavy atom. The number of nitrogens with two attached hydrogens (primary N) is 1. The van der Waals surface area contributed by atoms with E-state index in [1.54, 1.807) is 10.7 Å². The fourth-order valence-corrected chi connectivity index (χ4v) is 2.88. The number of nitrogens with zero attached hydrogens (tertiary/aromatic N) is 3. The highest BCUT2D eigenvalue weighted by atomic mass is 16.5. The molecule has 2 atom stereocenters. The average Bonchev–Trinajstić information content (AvgIpc) is 2.93. The fraction of sp³-hybridized carbons (Fsp3) is 0.571. The number of hydrogen-bond donors (Lipinski definition) is 1. The van der Waals surface area contributed by atoms with E-state index >= 15 is 0 Å². The zero-order valence-electron chi connectivity index (χ0n) is 11.0. The minimum atomic E-state index is 0.571. The lowest BCUT2D eigenvalue weighted by Gasteiger charge is -2.30. The summed E-state index contributed by atoms with van der Waals surface area (Å²) in [4.78, 5) is 4.42. The molecule has 102 valence electrons. The Kier molecular flexibility index (Phi) is 3.64. The molecule has 1 aliphatic rings. The molecule has 1 aliphatic carbocycles. The Morgan fingerprint density at radius 1 is 1.26 bits per heavy atom. The second kappa shape index (κ2) is 5.57. The van der Waals surface area contributed by atoms with Crippen LogP contribution in [-0.4, -0.2) is 27.7 Å². The van der Waals surface area contributed by atoms with Gasteiger partial charge in [0.2, 0.25) is 5.88 Å². The summed E-state index contributed by atoms with van der Waals surface area (Å²) in [6, 6.07) is 3.73. The van der Waals surface area contributed by atoms with Gasteiger partial charge in [-0.15, -0.1) is 0 Å². The van der Waals surface area contributed by atoms with E-state index in [-0.39, 0.29) is 0 Å². The van der Waals surface area contributed by atoms with E-state index in [9.17, 15) is 0 Å². The summed E-state index contributed by atoms with van der Waals surface area (Å²) in [5.74, 6) is 1.85. The predicted octanol–water partition coefficient (Wildman–Crippen LogP) is 1.87. The molecule has 2 N–H and O–H groups in total. The van der Waals surface area contributed by atoms with Crippen LogP contribution in [0.4, 0.5) is 0 Å². The molecular formula is C14H20N4O. The maximum atomic E-state index is 5.85. The van der Waals surface area contributed by atoms with Crippen LogP contribution in [0.15, 0.2) is 24.5 Å². The van der Waals surface area contributed by atoms with Crippen molar-refractivity contribution >= 4 is 5.65 Å². The van der Waals surface area contributed by atoms with Gasteiger partial charge in [-0.3, -0.25) is 0 Å². The standard InChI is InChI=1S/C14H20N4O/c15-9-11-3-1-2-4-12(11)10-19-14-6-8-18-13(17-14)5-7-16-18/h5-8,11-12H,1-4,9-10,15H2. The van der Waals surface area contributed by atoms with Gasteiger partial charge in [-0.25, -0.2) is 4.52 Å². The predicted molar refractivity (Wildman–Crippen MR) is 73.0 cm³/mol. The van der Waals surface area contributed by atoms with Crippen LogP contribution in [0.2, 0.25) is 0 Å². The number of rotatable bonds is 4. The molecule has 1 saturated carbocycles. The fourth-order valence-electron chi connectivity index (χ4n) is 2.88. The van der Waals surface area contributed by atoms with Crippen molar-refractivity contribution in [1.82, 2.24) is 14.6 Å². The molecule has 0 spiro atoms. The maximum Gasteiger partial charge on any atom is 0.216 e. The first kappa shape index (κ1) is 12.4. The average molecular weight is 260 g/mol. The second-order valence-corrected chi connectivity index (χ2v) is 5.25. The molecule has 3 rings (SSSR count). The van der Waals surface area contributed by atoms with Crippen LogP contribution in [-0.2, 0) is 0 Å². The van der Waals surface area contributed by atoms with Gasteiger partial charge in [-0.1, -0.05) is 12.8 Å². The van der Waals surface area contributed by atoms with E-state index in [4.69, 9.17) is 10.5 Å². The van der Waals surface area contributed by atoms with Gasteiger partial charge in [0.15, 0.2) is 5.65 Å². The summed E-state index contributed by atoms with van der Waals surface area (Å²) >= 11 is 0. The monoisotopic (exact) mass is 260 g/mol. The molecule has 0 aromatic carbocycles. The molecular weight excluding hydrogens is 240 g/mol. The van der Waals surface area contributed by atoms with Crippen molar-refractivity contribution < 1.29 is 4.74 Å². The van der Waals surface area contributed by atoms with Crippen LogP contribution in [0.25, 0.3) is 5.65 Å². The summed E-state index contributed by atoms with van der Waals surface area (Å²) in [6.45, 7) is 1.49. The Hall–Kier alpha value is -1.62. The van der Waals surface area contributed by atoms with Crippen LogP contribution in [0.1, 0.15) is 25.7 Å². The summed E-state index contributed by atoms with van der Waals surface area (Å²) in [5.41, 5.74) is 6.66. The lowest BCUT2D eigenvalue weighted by molar-refractivity contribution is 0.149. The smallest absolute Gasteiger partial charge is 0.216 e. The zero-order chi connectivity index (χ0) is 13.1. The van der Waals surface area contributed by atoms with E-state index in [0.29, 0.717) is 17.7 Å². The molecule has 0 saturated heterocycles. The van der Waals surface area contributed by atoms with Gasteiger partial charge in [-0.05, 0) is 31.2 Å².